The molecule has 5 nitrogen and oxygen atoms in total. The number of likely N-dealkylation sites (tertiary alicyclic amines) is 1. The molecule has 1 aliphatic heterocycles. The van der Waals surface area contributed by atoms with Crippen LogP contribution >= 0.6 is 0 Å². The zero-order valence-corrected chi connectivity index (χ0v) is 12.3. The van der Waals surface area contributed by atoms with Gasteiger partial charge in [-0.05, 0) is 27.2 Å². The smallest absolute Gasteiger partial charge is 0.225 e. The van der Waals surface area contributed by atoms with E-state index in [1.807, 2.05) is 17.4 Å². The molecule has 2 heterocycles. The summed E-state index contributed by atoms with van der Waals surface area (Å²) in [5.41, 5.74) is 7.04. The Hall–Kier alpha value is -1.36. The Morgan fingerprint density at radius 1 is 1.47 bits per heavy atom. The molecule has 0 aromatic carbocycles. The lowest BCUT2D eigenvalue weighted by Crippen LogP contribution is -2.46. The highest BCUT2D eigenvalue weighted by Crippen LogP contribution is 2.37. The summed E-state index contributed by atoms with van der Waals surface area (Å²) in [5, 5.41) is 0. The first-order valence-corrected chi connectivity index (χ1v) is 6.94. The fourth-order valence-electron chi connectivity index (χ4n) is 2.91. The van der Waals surface area contributed by atoms with E-state index in [2.05, 4.69) is 37.2 Å². The van der Waals surface area contributed by atoms with Crippen LogP contribution in [0.15, 0.2) is 12.5 Å². The van der Waals surface area contributed by atoms with Crippen molar-refractivity contribution >= 4 is 5.91 Å². The van der Waals surface area contributed by atoms with Crippen molar-refractivity contribution in [3.63, 3.8) is 0 Å². The lowest BCUT2D eigenvalue weighted by Gasteiger charge is -2.38. The van der Waals surface area contributed by atoms with Crippen LogP contribution in [0.1, 0.15) is 52.3 Å². The highest BCUT2D eigenvalue weighted by Gasteiger charge is 2.45. The van der Waals surface area contributed by atoms with Crippen LogP contribution in [0.2, 0.25) is 0 Å². The van der Waals surface area contributed by atoms with E-state index in [-0.39, 0.29) is 23.5 Å². The van der Waals surface area contributed by atoms with Crippen LogP contribution in [0.5, 0.6) is 0 Å². The number of imidazole rings is 1. The lowest BCUT2D eigenvalue weighted by molar-refractivity contribution is -0.133. The van der Waals surface area contributed by atoms with Gasteiger partial charge in [0.05, 0.1) is 24.3 Å². The minimum Gasteiger partial charge on any atom is -0.333 e. The predicted octanol–water partition coefficient (Wildman–Crippen LogP) is 1.69. The minimum atomic E-state index is -0.225. The first-order valence-electron chi connectivity index (χ1n) is 6.94. The topological polar surface area (TPSA) is 64.2 Å². The Balaban J connectivity index is 2.40. The molecular formula is C14H24N4O. The molecular weight excluding hydrogens is 240 g/mol. The van der Waals surface area contributed by atoms with E-state index in [9.17, 15) is 4.79 Å². The number of hydrogen-bond donors (Lipinski definition) is 1. The molecule has 2 atom stereocenters. The highest BCUT2D eigenvalue weighted by molar-refractivity contribution is 5.81. The molecule has 1 saturated heterocycles. The summed E-state index contributed by atoms with van der Waals surface area (Å²) in [5.74, 6) is 0.134. The first-order chi connectivity index (χ1) is 8.86. The van der Waals surface area contributed by atoms with Gasteiger partial charge < -0.3 is 15.2 Å². The third-order valence-electron chi connectivity index (χ3n) is 3.60. The normalized spacial score (nSPS) is 24.3. The molecule has 1 amide bonds. The van der Waals surface area contributed by atoms with Crippen molar-refractivity contribution in [2.24, 2.45) is 5.73 Å². The molecule has 0 spiro atoms. The van der Waals surface area contributed by atoms with Crippen molar-refractivity contribution in [1.82, 2.24) is 14.5 Å². The molecule has 0 radical (unpaired) electrons. The van der Waals surface area contributed by atoms with Crippen LogP contribution in [0.25, 0.3) is 0 Å². The summed E-state index contributed by atoms with van der Waals surface area (Å²) < 4.78 is 2.11. The van der Waals surface area contributed by atoms with Gasteiger partial charge in [-0.25, -0.2) is 4.98 Å². The zero-order valence-electron chi connectivity index (χ0n) is 12.3. The number of nitrogens with zero attached hydrogens (tertiary/aromatic N) is 3. The molecule has 1 aromatic rings. The maximum Gasteiger partial charge on any atom is 0.225 e. The quantitative estimate of drug-likeness (QED) is 0.903. The van der Waals surface area contributed by atoms with E-state index < -0.39 is 0 Å². The number of carbonyl (C=O) groups excluding carboxylic acids is 1. The molecule has 1 aliphatic rings. The molecule has 2 unspecified atom stereocenters. The second kappa shape index (κ2) is 4.96. The van der Waals surface area contributed by atoms with Crippen molar-refractivity contribution < 1.29 is 4.79 Å². The van der Waals surface area contributed by atoms with Gasteiger partial charge in [0, 0.05) is 24.5 Å². The molecule has 19 heavy (non-hydrogen) atoms. The molecule has 5 heteroatoms. The standard InChI is InChI=1S/C14H24N4O/c1-5-6-17-9-16-8-11(17)13-10(15)7-12(19)18(13)14(2,3)4/h8-10,13H,5-7,15H2,1-4H3. The summed E-state index contributed by atoms with van der Waals surface area (Å²) in [6.07, 6.45) is 5.13. The molecule has 2 N–H and O–H groups in total. The van der Waals surface area contributed by atoms with Crippen molar-refractivity contribution in [2.45, 2.75) is 64.7 Å². The monoisotopic (exact) mass is 264 g/mol. The summed E-state index contributed by atoms with van der Waals surface area (Å²) in [6, 6.07) is -0.222. The average Bonchev–Trinajstić information content (AvgIpc) is 2.82. The molecule has 0 bridgehead atoms. The van der Waals surface area contributed by atoms with Gasteiger partial charge in [-0.15, -0.1) is 0 Å². The minimum absolute atomic E-state index is 0.0680. The lowest BCUT2D eigenvalue weighted by atomic mass is 10.0. The maximum absolute atomic E-state index is 12.2. The Labute approximate surface area is 114 Å². The van der Waals surface area contributed by atoms with Crippen LogP contribution in [-0.2, 0) is 11.3 Å². The van der Waals surface area contributed by atoms with Gasteiger partial charge in [0.15, 0.2) is 0 Å². The predicted molar refractivity (Wildman–Crippen MR) is 74.5 cm³/mol. The Kier molecular flexibility index (Phi) is 3.67. The van der Waals surface area contributed by atoms with Gasteiger partial charge in [-0.2, -0.15) is 0 Å². The molecule has 1 fully saturated rings. The van der Waals surface area contributed by atoms with Crippen LogP contribution in [0.3, 0.4) is 0 Å². The van der Waals surface area contributed by atoms with Crippen molar-refractivity contribution in [2.75, 3.05) is 0 Å². The van der Waals surface area contributed by atoms with Gasteiger partial charge in [0.1, 0.15) is 0 Å². The van der Waals surface area contributed by atoms with Gasteiger partial charge in [-0.1, -0.05) is 6.92 Å². The van der Waals surface area contributed by atoms with Crippen molar-refractivity contribution in [1.29, 1.82) is 0 Å². The van der Waals surface area contributed by atoms with E-state index >= 15 is 0 Å². The number of carbonyl (C=O) groups is 1. The first kappa shape index (κ1) is 14.1. The zero-order chi connectivity index (χ0) is 14.2. The van der Waals surface area contributed by atoms with Crippen molar-refractivity contribution in [3.05, 3.63) is 18.2 Å². The van der Waals surface area contributed by atoms with Gasteiger partial charge in [0.25, 0.3) is 0 Å². The number of aryl methyl sites for hydroxylation is 1. The molecule has 106 valence electrons. The van der Waals surface area contributed by atoms with Crippen molar-refractivity contribution in [3.8, 4) is 0 Å². The van der Waals surface area contributed by atoms with Crippen LogP contribution in [0, 0.1) is 0 Å². The van der Waals surface area contributed by atoms with Crippen LogP contribution < -0.4 is 5.73 Å². The number of hydrogen-bond acceptors (Lipinski definition) is 3. The number of aromatic nitrogens is 2. The second-order valence-corrected chi connectivity index (χ2v) is 6.26. The SMILES string of the molecule is CCCn1cncc1C1C(N)CC(=O)N1C(C)(C)C. The summed E-state index contributed by atoms with van der Waals surface area (Å²) in [4.78, 5) is 18.4. The molecule has 1 aromatic heterocycles. The van der Waals surface area contributed by atoms with E-state index in [0.29, 0.717) is 6.42 Å². The molecule has 0 aliphatic carbocycles. The highest BCUT2D eigenvalue weighted by atomic mass is 16.2. The second-order valence-electron chi connectivity index (χ2n) is 6.26. The number of nitrogens with two attached hydrogens (primary N) is 1. The van der Waals surface area contributed by atoms with E-state index in [1.54, 1.807) is 0 Å². The van der Waals surface area contributed by atoms with Gasteiger partial charge in [0.2, 0.25) is 5.91 Å². The number of amides is 1. The molecule has 2 rings (SSSR count). The average molecular weight is 264 g/mol. The molecule has 0 saturated carbocycles. The maximum atomic E-state index is 12.2. The van der Waals surface area contributed by atoms with Gasteiger partial charge in [-0.3, -0.25) is 4.79 Å². The summed E-state index contributed by atoms with van der Waals surface area (Å²) >= 11 is 0. The Morgan fingerprint density at radius 3 is 2.74 bits per heavy atom. The van der Waals surface area contributed by atoms with E-state index in [4.69, 9.17) is 5.73 Å². The Morgan fingerprint density at radius 2 is 2.16 bits per heavy atom. The van der Waals surface area contributed by atoms with Crippen LogP contribution in [0.4, 0.5) is 0 Å². The number of rotatable bonds is 3. The van der Waals surface area contributed by atoms with Crippen LogP contribution in [-0.4, -0.2) is 31.9 Å². The summed E-state index contributed by atoms with van der Waals surface area (Å²) in [6.45, 7) is 9.19. The fourth-order valence-corrected chi connectivity index (χ4v) is 2.91. The largest absolute Gasteiger partial charge is 0.333 e. The Bertz CT molecular complexity index is 460. The fraction of sp³-hybridized carbons (Fsp3) is 0.714. The third-order valence-corrected chi connectivity index (χ3v) is 3.60. The van der Waals surface area contributed by atoms with E-state index in [0.717, 1.165) is 18.7 Å². The van der Waals surface area contributed by atoms with E-state index in [1.165, 1.54) is 0 Å². The van der Waals surface area contributed by atoms with Gasteiger partial charge >= 0.3 is 0 Å². The third kappa shape index (κ3) is 2.52. The summed E-state index contributed by atoms with van der Waals surface area (Å²) in [7, 11) is 0.